The second-order valence-electron chi connectivity index (χ2n) is 6.93. The smallest absolute Gasteiger partial charge is 0.314 e. The molecule has 0 atom stereocenters. The van der Waals surface area contributed by atoms with Crippen molar-refractivity contribution in [3.05, 3.63) is 22.2 Å². The highest BCUT2D eigenvalue weighted by Crippen LogP contribution is 2.50. The first-order valence-corrected chi connectivity index (χ1v) is 9.65. The van der Waals surface area contributed by atoms with Crippen LogP contribution < -0.4 is 9.47 Å². The van der Waals surface area contributed by atoms with Gasteiger partial charge in [-0.25, -0.2) is 0 Å². The second kappa shape index (κ2) is 7.34. The molecular weight excluding hydrogens is 372 g/mol. The zero-order chi connectivity index (χ0) is 17.2. The molecule has 0 aliphatic heterocycles. The highest BCUT2D eigenvalue weighted by Gasteiger charge is 2.45. The lowest BCUT2D eigenvalue weighted by molar-refractivity contribution is -0.145. The molecule has 24 heavy (non-hydrogen) atoms. The Morgan fingerprint density at radius 1 is 1.17 bits per heavy atom. The molecule has 1 aromatic rings. The lowest BCUT2D eigenvalue weighted by Gasteiger charge is -2.36. The molecule has 1 N–H and O–H groups in total. The third-order valence-electron chi connectivity index (χ3n) is 5.47. The Labute approximate surface area is 151 Å². The van der Waals surface area contributed by atoms with E-state index in [1.165, 1.54) is 12.8 Å². The van der Waals surface area contributed by atoms with Gasteiger partial charge >= 0.3 is 5.97 Å². The lowest BCUT2D eigenvalue weighted by Crippen LogP contribution is -2.39. The first-order chi connectivity index (χ1) is 11.6. The number of rotatable bonds is 5. The van der Waals surface area contributed by atoms with Gasteiger partial charge in [0.05, 0.1) is 18.6 Å². The molecule has 3 rings (SSSR count). The van der Waals surface area contributed by atoms with Gasteiger partial charge in [0, 0.05) is 10.0 Å². The van der Waals surface area contributed by atoms with Crippen molar-refractivity contribution in [2.45, 2.75) is 69.3 Å². The van der Waals surface area contributed by atoms with Gasteiger partial charge in [0.1, 0.15) is 0 Å². The van der Waals surface area contributed by atoms with Crippen LogP contribution in [0.5, 0.6) is 11.5 Å². The Morgan fingerprint density at radius 2 is 1.83 bits per heavy atom. The van der Waals surface area contributed by atoms with Crippen LogP contribution in [0.3, 0.4) is 0 Å². The second-order valence-corrected chi connectivity index (χ2v) is 7.78. The predicted molar refractivity (Wildman–Crippen MR) is 96.0 cm³/mol. The van der Waals surface area contributed by atoms with Gasteiger partial charge in [0.25, 0.3) is 0 Å². The molecule has 0 spiro atoms. The first-order valence-electron chi connectivity index (χ1n) is 8.85. The van der Waals surface area contributed by atoms with E-state index in [0.29, 0.717) is 24.3 Å². The zero-order valence-corrected chi connectivity index (χ0v) is 15.7. The highest BCUT2D eigenvalue weighted by molar-refractivity contribution is 9.10. The summed E-state index contributed by atoms with van der Waals surface area (Å²) >= 11 is 3.60. The Bertz CT molecular complexity index is 602. The number of halogens is 1. The number of aliphatic carboxylic acids is 1. The van der Waals surface area contributed by atoms with Crippen LogP contribution in [-0.2, 0) is 10.2 Å². The molecular formula is C19H25BrO4. The number of benzene rings is 1. The van der Waals surface area contributed by atoms with E-state index in [9.17, 15) is 9.90 Å². The van der Waals surface area contributed by atoms with Gasteiger partial charge in [0.2, 0.25) is 0 Å². The summed E-state index contributed by atoms with van der Waals surface area (Å²) in [5, 5.41) is 10.1. The number of carboxylic acid groups (broad SMARTS) is 1. The Balaban J connectivity index is 2.11. The minimum absolute atomic E-state index is 0.154. The molecule has 2 fully saturated rings. The van der Waals surface area contributed by atoms with E-state index in [-0.39, 0.29) is 6.10 Å². The Morgan fingerprint density at radius 3 is 2.42 bits per heavy atom. The summed E-state index contributed by atoms with van der Waals surface area (Å²) < 4.78 is 12.7. The van der Waals surface area contributed by atoms with Gasteiger partial charge in [-0.3, -0.25) is 4.79 Å². The van der Waals surface area contributed by atoms with E-state index < -0.39 is 11.4 Å². The van der Waals surface area contributed by atoms with Gasteiger partial charge in [-0.2, -0.15) is 0 Å². The van der Waals surface area contributed by atoms with Crippen molar-refractivity contribution < 1.29 is 19.4 Å². The molecule has 0 saturated heterocycles. The maximum Gasteiger partial charge on any atom is 0.314 e. The number of ether oxygens (including phenoxy) is 2. The van der Waals surface area contributed by atoms with Crippen molar-refractivity contribution in [1.82, 2.24) is 0 Å². The van der Waals surface area contributed by atoms with Crippen molar-refractivity contribution in [2.24, 2.45) is 0 Å². The van der Waals surface area contributed by atoms with Gasteiger partial charge in [-0.05, 0) is 50.7 Å². The molecule has 0 heterocycles. The van der Waals surface area contributed by atoms with Crippen LogP contribution in [0.25, 0.3) is 0 Å². The molecule has 2 aliphatic carbocycles. The maximum atomic E-state index is 12.3. The molecule has 0 amide bonds. The van der Waals surface area contributed by atoms with Crippen LogP contribution in [0.4, 0.5) is 0 Å². The predicted octanol–water partition coefficient (Wildman–Crippen LogP) is 5.07. The van der Waals surface area contributed by atoms with Gasteiger partial charge in [0.15, 0.2) is 11.5 Å². The fourth-order valence-corrected chi connectivity index (χ4v) is 4.85. The van der Waals surface area contributed by atoms with E-state index in [0.717, 1.165) is 42.1 Å². The fraction of sp³-hybridized carbons (Fsp3) is 0.632. The fourth-order valence-electron chi connectivity index (χ4n) is 4.16. The standard InChI is InChI=1S/C19H25BrO4/c1-23-15-10-9-14(20)16(17(15)24-13-7-3-4-8-13)19(18(21)22)11-5-2-6-12-19/h9-10,13H,2-8,11-12H2,1H3,(H,21,22). The Kier molecular flexibility index (Phi) is 5.38. The summed E-state index contributed by atoms with van der Waals surface area (Å²) in [5.41, 5.74) is -0.125. The monoisotopic (exact) mass is 396 g/mol. The van der Waals surface area contributed by atoms with Gasteiger partial charge in [-0.15, -0.1) is 0 Å². The van der Waals surface area contributed by atoms with E-state index in [1.807, 2.05) is 12.1 Å². The average Bonchev–Trinajstić information content (AvgIpc) is 3.09. The van der Waals surface area contributed by atoms with E-state index in [1.54, 1.807) is 7.11 Å². The van der Waals surface area contributed by atoms with Crippen LogP contribution in [0, 0.1) is 0 Å². The number of hydrogen-bond acceptors (Lipinski definition) is 3. The topological polar surface area (TPSA) is 55.8 Å². The van der Waals surface area contributed by atoms with E-state index in [2.05, 4.69) is 15.9 Å². The molecule has 4 nitrogen and oxygen atoms in total. The van der Waals surface area contributed by atoms with Gasteiger partial charge in [-0.1, -0.05) is 35.2 Å². The largest absolute Gasteiger partial charge is 0.493 e. The zero-order valence-electron chi connectivity index (χ0n) is 14.1. The quantitative estimate of drug-likeness (QED) is 0.754. The van der Waals surface area contributed by atoms with E-state index in [4.69, 9.17) is 9.47 Å². The summed E-state index contributed by atoms with van der Waals surface area (Å²) in [6.07, 6.45) is 8.78. The molecule has 5 heteroatoms. The van der Waals surface area contributed by atoms with Crippen LogP contribution >= 0.6 is 15.9 Å². The summed E-state index contributed by atoms with van der Waals surface area (Å²) in [6, 6.07) is 3.74. The van der Waals surface area contributed by atoms with Crippen molar-refractivity contribution in [2.75, 3.05) is 7.11 Å². The number of hydrogen-bond donors (Lipinski definition) is 1. The molecule has 0 radical (unpaired) electrons. The van der Waals surface area contributed by atoms with Crippen LogP contribution in [0.2, 0.25) is 0 Å². The lowest BCUT2D eigenvalue weighted by atomic mass is 9.69. The first kappa shape index (κ1) is 17.6. The normalized spacial score (nSPS) is 20.8. The maximum absolute atomic E-state index is 12.3. The molecule has 0 bridgehead atoms. The van der Waals surface area contributed by atoms with Crippen molar-refractivity contribution in [1.29, 1.82) is 0 Å². The summed E-state index contributed by atoms with van der Waals surface area (Å²) in [7, 11) is 1.61. The summed E-state index contributed by atoms with van der Waals surface area (Å²) in [5.74, 6) is 0.502. The Hall–Kier alpha value is -1.23. The SMILES string of the molecule is COc1ccc(Br)c(C2(C(=O)O)CCCCC2)c1OC1CCCC1. The summed E-state index contributed by atoms with van der Waals surface area (Å²) in [4.78, 5) is 12.3. The third-order valence-corrected chi connectivity index (χ3v) is 6.13. The minimum Gasteiger partial charge on any atom is -0.493 e. The van der Waals surface area contributed by atoms with Gasteiger partial charge < -0.3 is 14.6 Å². The van der Waals surface area contributed by atoms with Crippen molar-refractivity contribution in [3.63, 3.8) is 0 Å². The minimum atomic E-state index is -0.889. The molecule has 1 aromatic carbocycles. The van der Waals surface area contributed by atoms with E-state index >= 15 is 0 Å². The number of carbonyl (C=O) groups is 1. The average molecular weight is 397 g/mol. The number of carboxylic acids is 1. The molecule has 132 valence electrons. The third kappa shape index (κ3) is 3.15. The highest BCUT2D eigenvalue weighted by atomic mass is 79.9. The molecule has 0 aromatic heterocycles. The van der Waals surface area contributed by atoms with Crippen LogP contribution in [-0.4, -0.2) is 24.3 Å². The van der Waals surface area contributed by atoms with Crippen molar-refractivity contribution >= 4 is 21.9 Å². The molecule has 2 aliphatic rings. The van der Waals surface area contributed by atoms with Crippen molar-refractivity contribution in [3.8, 4) is 11.5 Å². The molecule has 2 saturated carbocycles. The summed E-state index contributed by atoms with van der Waals surface area (Å²) in [6.45, 7) is 0. The number of methoxy groups -OCH3 is 1. The van der Waals surface area contributed by atoms with Crippen LogP contribution in [0.15, 0.2) is 16.6 Å². The van der Waals surface area contributed by atoms with Crippen LogP contribution in [0.1, 0.15) is 63.4 Å². The molecule has 0 unspecified atom stereocenters.